The van der Waals surface area contributed by atoms with Gasteiger partial charge in [-0.15, -0.1) is 0 Å². The van der Waals surface area contributed by atoms with Crippen molar-refractivity contribution in [2.45, 2.75) is 6.54 Å². The van der Waals surface area contributed by atoms with E-state index in [1.807, 2.05) is 35.0 Å². The first-order valence-corrected chi connectivity index (χ1v) is 9.82. The summed E-state index contributed by atoms with van der Waals surface area (Å²) in [6, 6.07) is 16.3. The van der Waals surface area contributed by atoms with Crippen LogP contribution in [0.5, 0.6) is 11.5 Å². The minimum atomic E-state index is 0.583. The van der Waals surface area contributed by atoms with Gasteiger partial charge >= 0.3 is 0 Å². The molecular weight excluding hydrogens is 354 g/mol. The topological polar surface area (TPSA) is 50.0 Å². The monoisotopic (exact) mass is 378 g/mol. The lowest BCUT2D eigenvalue weighted by atomic mass is 10.1. The second kappa shape index (κ2) is 7.66. The predicted molar refractivity (Wildman–Crippen MR) is 105 cm³/mol. The van der Waals surface area contributed by atoms with Gasteiger partial charge in [-0.25, -0.2) is 4.68 Å². The first kappa shape index (κ1) is 17.3. The molecule has 5 rings (SSSR count). The number of quaternary nitrogens is 1. The zero-order valence-electron chi connectivity index (χ0n) is 15.8. The van der Waals surface area contributed by atoms with Crippen molar-refractivity contribution in [3.05, 3.63) is 60.3 Å². The lowest BCUT2D eigenvalue weighted by Crippen LogP contribution is -3.12. The predicted octanol–water partition coefficient (Wildman–Crippen LogP) is 1.73. The van der Waals surface area contributed by atoms with E-state index in [1.54, 1.807) is 0 Å². The summed E-state index contributed by atoms with van der Waals surface area (Å²) in [5, 5.41) is 4.94. The summed E-state index contributed by atoms with van der Waals surface area (Å²) >= 11 is 0. The molecule has 6 nitrogen and oxygen atoms in total. The van der Waals surface area contributed by atoms with Crippen LogP contribution >= 0.6 is 0 Å². The Balaban J connectivity index is 1.53. The molecule has 0 unspecified atom stereocenters. The molecule has 2 aliphatic rings. The number of para-hydroxylation sites is 1. The largest absolute Gasteiger partial charge is 0.486 e. The number of fused-ring (bicyclic) bond motifs is 1. The zero-order valence-corrected chi connectivity index (χ0v) is 15.8. The van der Waals surface area contributed by atoms with Crippen LogP contribution in [0.15, 0.2) is 54.7 Å². The fourth-order valence-corrected chi connectivity index (χ4v) is 3.79. The molecule has 6 heteroatoms. The van der Waals surface area contributed by atoms with Crippen LogP contribution in [0, 0.1) is 0 Å². The Kier molecular flexibility index (Phi) is 4.72. The number of ether oxygens (including phenoxy) is 3. The van der Waals surface area contributed by atoms with Crippen molar-refractivity contribution in [2.24, 2.45) is 0 Å². The maximum Gasteiger partial charge on any atom is 0.162 e. The normalized spacial score (nSPS) is 16.9. The van der Waals surface area contributed by atoms with E-state index in [0.717, 1.165) is 61.3 Å². The molecule has 0 saturated carbocycles. The number of benzene rings is 2. The summed E-state index contributed by atoms with van der Waals surface area (Å²) in [6.45, 7) is 5.80. The first-order chi connectivity index (χ1) is 13.9. The molecular formula is C22H24N3O3+. The second-order valence-electron chi connectivity index (χ2n) is 7.18. The van der Waals surface area contributed by atoms with E-state index in [1.165, 1.54) is 10.5 Å². The molecule has 1 aromatic heterocycles. The highest BCUT2D eigenvalue weighted by atomic mass is 16.6. The van der Waals surface area contributed by atoms with Gasteiger partial charge in [0.15, 0.2) is 11.5 Å². The number of nitrogens with one attached hydrogen (secondary N) is 1. The molecule has 1 saturated heterocycles. The third-order valence-corrected chi connectivity index (χ3v) is 5.27. The molecule has 0 atom stereocenters. The van der Waals surface area contributed by atoms with E-state index >= 15 is 0 Å². The molecule has 1 N–H and O–H groups in total. The quantitative estimate of drug-likeness (QED) is 0.751. The highest BCUT2D eigenvalue weighted by molar-refractivity contribution is 5.67. The van der Waals surface area contributed by atoms with Gasteiger partial charge in [-0.05, 0) is 30.3 Å². The average molecular weight is 378 g/mol. The van der Waals surface area contributed by atoms with Gasteiger partial charge < -0.3 is 19.1 Å². The van der Waals surface area contributed by atoms with Crippen LogP contribution < -0.4 is 14.4 Å². The van der Waals surface area contributed by atoms with Gasteiger partial charge in [0.2, 0.25) is 0 Å². The number of aromatic nitrogens is 2. The number of hydrogen-bond acceptors (Lipinski definition) is 4. The SMILES string of the molecule is c1ccc(-n2cc(C[NH+]3CCOCC3)c(-c3ccc4c(c3)OCCO4)n2)cc1. The third kappa shape index (κ3) is 3.48. The van der Waals surface area contributed by atoms with Crippen molar-refractivity contribution < 1.29 is 19.1 Å². The van der Waals surface area contributed by atoms with Crippen molar-refractivity contribution in [2.75, 3.05) is 39.5 Å². The van der Waals surface area contributed by atoms with E-state index in [9.17, 15) is 0 Å². The second-order valence-corrected chi connectivity index (χ2v) is 7.18. The Labute approximate surface area is 164 Å². The molecule has 3 heterocycles. The Morgan fingerprint density at radius 2 is 1.68 bits per heavy atom. The average Bonchev–Trinajstić information content (AvgIpc) is 3.18. The van der Waals surface area contributed by atoms with E-state index in [0.29, 0.717) is 13.2 Å². The van der Waals surface area contributed by atoms with Crippen LogP contribution in [0.2, 0.25) is 0 Å². The molecule has 144 valence electrons. The summed E-state index contributed by atoms with van der Waals surface area (Å²) in [4.78, 5) is 1.53. The maximum absolute atomic E-state index is 5.79. The summed E-state index contributed by atoms with van der Waals surface area (Å²) in [7, 11) is 0. The molecule has 28 heavy (non-hydrogen) atoms. The lowest BCUT2D eigenvalue weighted by molar-refractivity contribution is -0.921. The third-order valence-electron chi connectivity index (χ3n) is 5.27. The van der Waals surface area contributed by atoms with Crippen molar-refractivity contribution in [3.8, 4) is 28.4 Å². The van der Waals surface area contributed by atoms with Gasteiger partial charge in [-0.2, -0.15) is 5.10 Å². The summed E-state index contributed by atoms with van der Waals surface area (Å²) in [5.41, 5.74) is 4.35. The smallest absolute Gasteiger partial charge is 0.162 e. The molecule has 0 spiro atoms. The van der Waals surface area contributed by atoms with Gasteiger partial charge in [0.05, 0.1) is 24.5 Å². The lowest BCUT2D eigenvalue weighted by Gasteiger charge is -2.23. The highest BCUT2D eigenvalue weighted by Crippen LogP contribution is 2.35. The van der Waals surface area contributed by atoms with E-state index in [-0.39, 0.29) is 0 Å². The maximum atomic E-state index is 5.79. The molecule has 0 bridgehead atoms. The molecule has 2 aliphatic heterocycles. The summed E-state index contributed by atoms with van der Waals surface area (Å²) in [6.07, 6.45) is 2.16. The Bertz CT molecular complexity index is 949. The van der Waals surface area contributed by atoms with Crippen molar-refractivity contribution in [1.82, 2.24) is 9.78 Å². The molecule has 0 radical (unpaired) electrons. The summed E-state index contributed by atoms with van der Waals surface area (Å²) < 4.78 is 18.9. The Hall–Kier alpha value is -2.83. The van der Waals surface area contributed by atoms with Crippen molar-refractivity contribution in [3.63, 3.8) is 0 Å². The Morgan fingerprint density at radius 1 is 0.893 bits per heavy atom. The first-order valence-electron chi connectivity index (χ1n) is 9.82. The number of morpholine rings is 1. The van der Waals surface area contributed by atoms with Crippen LogP contribution in [-0.2, 0) is 11.3 Å². The highest BCUT2D eigenvalue weighted by Gasteiger charge is 2.21. The molecule has 0 amide bonds. The molecule has 0 aliphatic carbocycles. The fraction of sp³-hybridized carbons (Fsp3) is 0.318. The van der Waals surface area contributed by atoms with Gasteiger partial charge in [0, 0.05) is 11.8 Å². The molecule has 3 aromatic rings. The van der Waals surface area contributed by atoms with Crippen LogP contribution in [0.25, 0.3) is 16.9 Å². The van der Waals surface area contributed by atoms with E-state index in [4.69, 9.17) is 19.3 Å². The van der Waals surface area contributed by atoms with Crippen LogP contribution in [0.4, 0.5) is 0 Å². The zero-order chi connectivity index (χ0) is 18.8. The Morgan fingerprint density at radius 3 is 2.50 bits per heavy atom. The minimum absolute atomic E-state index is 0.583. The number of rotatable bonds is 4. The molecule has 1 fully saturated rings. The van der Waals surface area contributed by atoms with Gasteiger partial charge in [-0.1, -0.05) is 18.2 Å². The van der Waals surface area contributed by atoms with Crippen LogP contribution in [0.3, 0.4) is 0 Å². The van der Waals surface area contributed by atoms with Crippen molar-refractivity contribution in [1.29, 1.82) is 0 Å². The van der Waals surface area contributed by atoms with Gasteiger partial charge in [-0.3, -0.25) is 0 Å². The van der Waals surface area contributed by atoms with Crippen LogP contribution in [0.1, 0.15) is 5.56 Å². The number of hydrogen-bond donors (Lipinski definition) is 1. The van der Waals surface area contributed by atoms with Crippen molar-refractivity contribution >= 4 is 0 Å². The minimum Gasteiger partial charge on any atom is -0.486 e. The fourth-order valence-electron chi connectivity index (χ4n) is 3.79. The number of nitrogens with zero attached hydrogens (tertiary/aromatic N) is 2. The molecule has 2 aromatic carbocycles. The van der Waals surface area contributed by atoms with Gasteiger partial charge in [0.1, 0.15) is 38.5 Å². The van der Waals surface area contributed by atoms with E-state index in [2.05, 4.69) is 24.4 Å². The van der Waals surface area contributed by atoms with E-state index < -0.39 is 0 Å². The standard InChI is InChI=1S/C22H23N3O3/c1-2-4-19(5-3-1)25-16-18(15-24-8-10-26-11-9-24)22(23-25)17-6-7-20-21(14-17)28-13-12-27-20/h1-7,14,16H,8-13,15H2/p+1. The summed E-state index contributed by atoms with van der Waals surface area (Å²) in [5.74, 6) is 1.60. The van der Waals surface area contributed by atoms with Gasteiger partial charge in [0.25, 0.3) is 0 Å². The van der Waals surface area contributed by atoms with Crippen LogP contribution in [-0.4, -0.2) is 49.3 Å².